The number of likely N-dealkylation sites (N-methyl/N-ethyl adjacent to an activating group) is 1. The average Bonchev–Trinajstić information content (AvgIpc) is 3.13. The van der Waals surface area contributed by atoms with E-state index in [0.717, 1.165) is 45.1 Å². The van der Waals surface area contributed by atoms with Crippen molar-refractivity contribution < 1.29 is 0 Å². The first kappa shape index (κ1) is 21.1. The van der Waals surface area contributed by atoms with Gasteiger partial charge in [-0.3, -0.25) is 9.89 Å². The Morgan fingerprint density at radius 1 is 1.27 bits per heavy atom. The molecular formula is C18H32IN7. The van der Waals surface area contributed by atoms with E-state index in [4.69, 9.17) is 5.73 Å². The molecule has 1 aromatic heterocycles. The van der Waals surface area contributed by atoms with Crippen LogP contribution >= 0.6 is 24.0 Å². The van der Waals surface area contributed by atoms with Crippen LogP contribution in [0.3, 0.4) is 0 Å². The number of likely N-dealkylation sites (tertiary alicyclic amines) is 1. The molecule has 3 N–H and O–H groups in total. The van der Waals surface area contributed by atoms with Crippen molar-refractivity contribution in [3.05, 3.63) is 18.5 Å². The van der Waals surface area contributed by atoms with Crippen LogP contribution in [0.4, 0.5) is 5.95 Å². The molecule has 0 radical (unpaired) electrons. The van der Waals surface area contributed by atoms with Crippen LogP contribution in [0.2, 0.25) is 0 Å². The van der Waals surface area contributed by atoms with Gasteiger partial charge in [0.2, 0.25) is 5.95 Å². The fourth-order valence-electron chi connectivity index (χ4n) is 3.90. The van der Waals surface area contributed by atoms with Gasteiger partial charge in [-0.15, -0.1) is 24.0 Å². The van der Waals surface area contributed by atoms with E-state index < -0.39 is 0 Å². The molecule has 2 fully saturated rings. The summed E-state index contributed by atoms with van der Waals surface area (Å²) >= 11 is 0. The van der Waals surface area contributed by atoms with Crippen molar-refractivity contribution in [3.8, 4) is 0 Å². The van der Waals surface area contributed by atoms with E-state index in [9.17, 15) is 0 Å². The van der Waals surface area contributed by atoms with Gasteiger partial charge in [-0.25, -0.2) is 9.97 Å². The summed E-state index contributed by atoms with van der Waals surface area (Å²) in [5, 5.41) is 3.32. The zero-order chi connectivity index (χ0) is 17.5. The lowest BCUT2D eigenvalue weighted by molar-refractivity contribution is 0.267. The second-order valence-corrected chi connectivity index (χ2v) is 7.03. The molecule has 146 valence electrons. The molecule has 2 unspecified atom stereocenters. The first-order chi connectivity index (χ1) is 12.3. The van der Waals surface area contributed by atoms with E-state index in [1.54, 1.807) is 12.4 Å². The summed E-state index contributed by atoms with van der Waals surface area (Å²) in [6.45, 7) is 8.19. The zero-order valence-electron chi connectivity index (χ0n) is 15.7. The van der Waals surface area contributed by atoms with Crippen LogP contribution in [0.1, 0.15) is 32.6 Å². The van der Waals surface area contributed by atoms with Crippen LogP contribution < -0.4 is 16.0 Å². The van der Waals surface area contributed by atoms with E-state index >= 15 is 0 Å². The lowest BCUT2D eigenvalue weighted by Crippen LogP contribution is -2.43. The maximum atomic E-state index is 6.08. The smallest absolute Gasteiger partial charge is 0.225 e. The fourth-order valence-corrected chi connectivity index (χ4v) is 3.90. The maximum absolute atomic E-state index is 6.08. The van der Waals surface area contributed by atoms with Crippen LogP contribution in [0.5, 0.6) is 0 Å². The van der Waals surface area contributed by atoms with E-state index in [1.807, 2.05) is 6.07 Å². The standard InChI is InChI=1S/C18H31N7.HI/c1-2-24-10-4-7-16(24)13-23-17(19)22-12-15-6-3-11-25(14-15)18-20-8-5-9-21-18;/h5,8-9,15-16H,2-4,6-7,10-14H2,1H3,(H3,19,22,23);1H. The topological polar surface area (TPSA) is 82.7 Å². The normalized spacial score (nSPS) is 24.3. The van der Waals surface area contributed by atoms with Gasteiger partial charge in [0, 0.05) is 44.6 Å². The number of anilines is 1. The molecular weight excluding hydrogens is 441 g/mol. The Morgan fingerprint density at radius 3 is 2.81 bits per heavy atom. The van der Waals surface area contributed by atoms with Crippen molar-refractivity contribution in [1.29, 1.82) is 0 Å². The van der Waals surface area contributed by atoms with E-state index in [0.29, 0.717) is 17.9 Å². The number of halogens is 1. The molecule has 8 heteroatoms. The van der Waals surface area contributed by atoms with Gasteiger partial charge in [0.05, 0.1) is 0 Å². The van der Waals surface area contributed by atoms with Crippen molar-refractivity contribution >= 4 is 35.9 Å². The molecule has 2 saturated heterocycles. The molecule has 3 heterocycles. The van der Waals surface area contributed by atoms with Gasteiger partial charge < -0.3 is 16.0 Å². The van der Waals surface area contributed by atoms with Crippen LogP contribution in [-0.2, 0) is 0 Å². The third-order valence-electron chi connectivity index (χ3n) is 5.30. The molecule has 2 atom stereocenters. The van der Waals surface area contributed by atoms with Crippen molar-refractivity contribution in [2.45, 2.75) is 38.6 Å². The number of rotatable bonds is 6. The molecule has 0 spiro atoms. The SMILES string of the molecule is CCN1CCCC1CNC(N)=NCC1CCCN(c2ncccn2)C1.I. The molecule has 26 heavy (non-hydrogen) atoms. The van der Waals surface area contributed by atoms with E-state index in [1.165, 1.54) is 25.8 Å². The Balaban J connectivity index is 0.00000243. The van der Waals surface area contributed by atoms with Gasteiger partial charge in [-0.1, -0.05) is 6.92 Å². The summed E-state index contributed by atoms with van der Waals surface area (Å²) in [4.78, 5) is 18.1. The molecule has 2 aliphatic heterocycles. The van der Waals surface area contributed by atoms with Crippen LogP contribution in [-0.4, -0.2) is 66.1 Å². The third-order valence-corrected chi connectivity index (χ3v) is 5.30. The lowest BCUT2D eigenvalue weighted by atomic mass is 9.98. The van der Waals surface area contributed by atoms with Crippen LogP contribution in [0, 0.1) is 5.92 Å². The van der Waals surface area contributed by atoms with Crippen molar-refractivity contribution in [3.63, 3.8) is 0 Å². The van der Waals surface area contributed by atoms with E-state index in [-0.39, 0.29) is 24.0 Å². The summed E-state index contributed by atoms with van der Waals surface area (Å²) in [5.74, 6) is 1.91. The molecule has 0 bridgehead atoms. The second-order valence-electron chi connectivity index (χ2n) is 7.03. The Morgan fingerprint density at radius 2 is 2.04 bits per heavy atom. The highest BCUT2D eigenvalue weighted by Gasteiger charge is 2.23. The largest absolute Gasteiger partial charge is 0.370 e. The minimum atomic E-state index is 0. The molecule has 0 amide bonds. The highest BCUT2D eigenvalue weighted by molar-refractivity contribution is 14.0. The molecule has 3 rings (SSSR count). The highest BCUT2D eigenvalue weighted by atomic mass is 127. The van der Waals surface area contributed by atoms with E-state index in [2.05, 4.69) is 37.0 Å². The maximum Gasteiger partial charge on any atom is 0.225 e. The van der Waals surface area contributed by atoms with Gasteiger partial charge in [0.1, 0.15) is 0 Å². The molecule has 0 aromatic carbocycles. The van der Waals surface area contributed by atoms with Crippen molar-refractivity contribution in [2.24, 2.45) is 16.6 Å². The van der Waals surface area contributed by atoms with Gasteiger partial charge in [-0.05, 0) is 50.8 Å². The molecule has 7 nitrogen and oxygen atoms in total. The number of aromatic nitrogens is 2. The lowest BCUT2D eigenvalue weighted by Gasteiger charge is -2.32. The summed E-state index contributed by atoms with van der Waals surface area (Å²) in [5.41, 5.74) is 6.08. The number of hydrogen-bond donors (Lipinski definition) is 2. The Hall–Kier alpha value is -1.16. The van der Waals surface area contributed by atoms with Gasteiger partial charge in [-0.2, -0.15) is 0 Å². The monoisotopic (exact) mass is 473 g/mol. The first-order valence-electron chi connectivity index (χ1n) is 9.56. The quantitative estimate of drug-likeness (QED) is 0.372. The average molecular weight is 473 g/mol. The summed E-state index contributed by atoms with van der Waals surface area (Å²) in [6, 6.07) is 2.45. The molecule has 0 saturated carbocycles. The number of guanidine groups is 1. The highest BCUT2D eigenvalue weighted by Crippen LogP contribution is 2.20. The second kappa shape index (κ2) is 10.9. The third kappa shape index (κ3) is 5.94. The van der Waals surface area contributed by atoms with Gasteiger partial charge in [0.15, 0.2) is 5.96 Å². The van der Waals surface area contributed by atoms with Crippen molar-refractivity contribution in [1.82, 2.24) is 20.2 Å². The minimum Gasteiger partial charge on any atom is -0.370 e. The minimum absolute atomic E-state index is 0. The first-order valence-corrected chi connectivity index (χ1v) is 9.56. The number of nitrogens with zero attached hydrogens (tertiary/aromatic N) is 5. The van der Waals surface area contributed by atoms with Gasteiger partial charge >= 0.3 is 0 Å². The summed E-state index contributed by atoms with van der Waals surface area (Å²) in [7, 11) is 0. The summed E-state index contributed by atoms with van der Waals surface area (Å²) < 4.78 is 0. The van der Waals surface area contributed by atoms with Crippen LogP contribution in [0.25, 0.3) is 0 Å². The fraction of sp³-hybridized carbons (Fsp3) is 0.722. The van der Waals surface area contributed by atoms with Gasteiger partial charge in [0.25, 0.3) is 0 Å². The molecule has 0 aliphatic carbocycles. The van der Waals surface area contributed by atoms with Crippen molar-refractivity contribution in [2.75, 3.05) is 44.2 Å². The molecule has 2 aliphatic rings. The molecule has 1 aromatic rings. The predicted octanol–water partition coefficient (Wildman–Crippen LogP) is 1.70. The Kier molecular flexibility index (Phi) is 8.83. The Labute approximate surface area is 173 Å². The number of hydrogen-bond acceptors (Lipinski definition) is 5. The summed E-state index contributed by atoms with van der Waals surface area (Å²) in [6.07, 6.45) is 8.48. The zero-order valence-corrected chi connectivity index (χ0v) is 18.0. The number of aliphatic imine (C=N–C) groups is 1. The Bertz CT molecular complexity index is 554. The number of nitrogens with one attached hydrogen (secondary N) is 1. The predicted molar refractivity (Wildman–Crippen MR) is 117 cm³/mol. The number of piperidine rings is 1. The number of nitrogens with two attached hydrogens (primary N) is 1. The van der Waals surface area contributed by atoms with Crippen LogP contribution in [0.15, 0.2) is 23.5 Å².